The molecule has 0 fully saturated rings. The summed E-state index contributed by atoms with van der Waals surface area (Å²) in [7, 11) is -2.25. The van der Waals surface area contributed by atoms with Crippen LogP contribution in [0.25, 0.3) is 0 Å². The molecule has 10 heteroatoms. The van der Waals surface area contributed by atoms with E-state index in [-0.39, 0.29) is 28.0 Å². The third kappa shape index (κ3) is 5.23. The van der Waals surface area contributed by atoms with Gasteiger partial charge in [0, 0.05) is 26.3 Å². The fourth-order valence-electron chi connectivity index (χ4n) is 1.47. The molecule has 1 rings (SSSR count). The minimum absolute atomic E-state index is 0.0906. The fourth-order valence-corrected chi connectivity index (χ4v) is 3.81. The van der Waals surface area contributed by atoms with Gasteiger partial charge in [0.1, 0.15) is 4.21 Å². The number of nitrogens with zero attached hydrogens (tertiary/aromatic N) is 1. The molecule has 0 aromatic carbocycles. The van der Waals surface area contributed by atoms with Crippen molar-refractivity contribution in [3.05, 3.63) is 16.2 Å². The summed E-state index contributed by atoms with van der Waals surface area (Å²) in [6.07, 6.45) is 1.94. The van der Waals surface area contributed by atoms with Gasteiger partial charge in [0.15, 0.2) is 5.00 Å². The van der Waals surface area contributed by atoms with Crippen LogP contribution in [0.15, 0.2) is 10.3 Å². The number of nitro groups is 1. The molecule has 120 valence electrons. The van der Waals surface area contributed by atoms with Gasteiger partial charge < -0.3 is 10.1 Å². The van der Waals surface area contributed by atoms with E-state index in [1.54, 1.807) is 0 Å². The third-order valence-corrected chi connectivity index (χ3v) is 5.64. The maximum Gasteiger partial charge on any atom is 0.304 e. The lowest BCUT2D eigenvalue weighted by Crippen LogP contribution is -2.27. The second-order valence-electron chi connectivity index (χ2n) is 4.15. The lowest BCUT2D eigenvalue weighted by molar-refractivity contribution is -0.383. The van der Waals surface area contributed by atoms with Gasteiger partial charge in [0.2, 0.25) is 10.0 Å². The monoisotopic (exact) mass is 337 g/mol. The van der Waals surface area contributed by atoms with Gasteiger partial charge in [0.25, 0.3) is 0 Å². The second kappa shape index (κ2) is 8.27. The Morgan fingerprint density at radius 2 is 2.14 bits per heavy atom. The average Bonchev–Trinajstić information content (AvgIpc) is 2.88. The van der Waals surface area contributed by atoms with Crippen LogP contribution >= 0.6 is 11.3 Å². The summed E-state index contributed by atoms with van der Waals surface area (Å²) in [5, 5.41) is 13.6. The van der Waals surface area contributed by atoms with E-state index < -0.39 is 14.9 Å². The van der Waals surface area contributed by atoms with Crippen molar-refractivity contribution in [1.82, 2.24) is 4.72 Å². The lowest BCUT2D eigenvalue weighted by Gasteiger charge is -2.05. The molecule has 2 N–H and O–H groups in total. The highest BCUT2D eigenvalue weighted by Gasteiger charge is 2.25. The normalized spacial score (nSPS) is 11.5. The standard InChI is InChI=1S/C11H19N3O5S2/c1-3-4-6-19-7-5-13-21(17,18)10-8-9(14(15)16)11(12-2)20-10/h8,12-13H,3-7H2,1-2H3. The van der Waals surface area contributed by atoms with Gasteiger partial charge in [-0.05, 0) is 6.42 Å². The molecule has 1 aromatic rings. The number of thiophene rings is 1. The van der Waals surface area contributed by atoms with E-state index in [1.807, 2.05) is 6.92 Å². The maximum absolute atomic E-state index is 12.0. The summed E-state index contributed by atoms with van der Waals surface area (Å²) in [6.45, 7) is 3.03. The minimum Gasteiger partial charge on any atom is -0.380 e. The van der Waals surface area contributed by atoms with Crippen molar-refractivity contribution in [1.29, 1.82) is 0 Å². The molecule has 0 saturated carbocycles. The third-order valence-electron chi connectivity index (χ3n) is 2.56. The molecule has 0 amide bonds. The van der Waals surface area contributed by atoms with Crippen LogP contribution in [-0.4, -0.2) is 40.1 Å². The highest BCUT2D eigenvalue weighted by molar-refractivity contribution is 7.91. The first-order valence-corrected chi connectivity index (χ1v) is 8.75. The van der Waals surface area contributed by atoms with Gasteiger partial charge >= 0.3 is 5.69 Å². The van der Waals surface area contributed by atoms with Gasteiger partial charge in [-0.3, -0.25) is 10.1 Å². The van der Waals surface area contributed by atoms with Crippen LogP contribution in [0.5, 0.6) is 0 Å². The molecule has 8 nitrogen and oxygen atoms in total. The van der Waals surface area contributed by atoms with Crippen LogP contribution in [0.1, 0.15) is 19.8 Å². The second-order valence-corrected chi connectivity index (χ2v) is 7.20. The molecule has 1 aromatic heterocycles. The molecule has 0 radical (unpaired) electrons. The number of rotatable bonds is 10. The summed E-state index contributed by atoms with van der Waals surface area (Å²) in [4.78, 5) is 10.2. The van der Waals surface area contributed by atoms with E-state index in [4.69, 9.17) is 4.74 Å². The van der Waals surface area contributed by atoms with E-state index >= 15 is 0 Å². The fraction of sp³-hybridized carbons (Fsp3) is 0.636. The van der Waals surface area contributed by atoms with Gasteiger partial charge in [-0.25, -0.2) is 13.1 Å². The van der Waals surface area contributed by atoms with Gasteiger partial charge in [-0.2, -0.15) is 0 Å². The molecular formula is C11H19N3O5S2. The van der Waals surface area contributed by atoms with Crippen LogP contribution in [0.2, 0.25) is 0 Å². The lowest BCUT2D eigenvalue weighted by atomic mass is 10.4. The zero-order valence-electron chi connectivity index (χ0n) is 11.9. The van der Waals surface area contributed by atoms with Crippen LogP contribution < -0.4 is 10.0 Å². The Bertz CT molecular complexity index is 570. The van der Waals surface area contributed by atoms with Gasteiger partial charge in [0.05, 0.1) is 11.5 Å². The number of ether oxygens (including phenoxy) is 1. The van der Waals surface area contributed by atoms with Crippen molar-refractivity contribution in [3.63, 3.8) is 0 Å². The van der Waals surface area contributed by atoms with E-state index in [1.165, 1.54) is 7.05 Å². The number of unbranched alkanes of at least 4 members (excludes halogenated alkanes) is 1. The molecular weight excluding hydrogens is 318 g/mol. The first kappa shape index (κ1) is 17.8. The van der Waals surface area contributed by atoms with E-state index in [2.05, 4.69) is 10.0 Å². The molecule has 0 aliphatic heterocycles. The molecule has 21 heavy (non-hydrogen) atoms. The molecule has 0 aliphatic rings. The Kier molecular flexibility index (Phi) is 7.02. The SMILES string of the molecule is CCCCOCCNS(=O)(=O)c1cc([N+](=O)[O-])c(NC)s1. The van der Waals surface area contributed by atoms with Crippen molar-refractivity contribution in [2.75, 3.05) is 32.1 Å². The Labute approximate surface area is 127 Å². The number of sulfonamides is 1. The summed E-state index contributed by atoms with van der Waals surface area (Å²) in [5.41, 5.74) is -0.248. The number of anilines is 1. The zero-order chi connectivity index (χ0) is 15.9. The average molecular weight is 337 g/mol. The Balaban J connectivity index is 2.64. The van der Waals surface area contributed by atoms with E-state index in [0.717, 1.165) is 30.2 Å². The molecule has 0 bridgehead atoms. The molecule has 0 unspecified atom stereocenters. The van der Waals surface area contributed by atoms with Crippen LogP contribution in [-0.2, 0) is 14.8 Å². The Morgan fingerprint density at radius 3 is 2.67 bits per heavy atom. The summed E-state index contributed by atoms with van der Waals surface area (Å²) in [6, 6.07) is 1.05. The van der Waals surface area contributed by atoms with E-state index in [9.17, 15) is 18.5 Å². The van der Waals surface area contributed by atoms with Crippen molar-refractivity contribution in [2.24, 2.45) is 0 Å². The number of hydrogen-bond acceptors (Lipinski definition) is 7. The first-order valence-electron chi connectivity index (χ1n) is 6.45. The highest BCUT2D eigenvalue weighted by Crippen LogP contribution is 2.36. The van der Waals surface area contributed by atoms with Crippen molar-refractivity contribution >= 4 is 32.0 Å². The van der Waals surface area contributed by atoms with Crippen molar-refractivity contribution < 1.29 is 18.1 Å². The molecule has 1 heterocycles. The number of nitrogens with one attached hydrogen (secondary N) is 2. The predicted molar refractivity (Wildman–Crippen MR) is 81.4 cm³/mol. The smallest absolute Gasteiger partial charge is 0.304 e. The molecule has 0 atom stereocenters. The quantitative estimate of drug-likeness (QED) is 0.382. The first-order chi connectivity index (χ1) is 9.92. The Morgan fingerprint density at radius 1 is 1.43 bits per heavy atom. The van der Waals surface area contributed by atoms with Gasteiger partial charge in [-0.15, -0.1) is 0 Å². The predicted octanol–water partition coefficient (Wildman–Crippen LogP) is 1.79. The van der Waals surface area contributed by atoms with Crippen molar-refractivity contribution in [3.8, 4) is 0 Å². The maximum atomic E-state index is 12.0. The van der Waals surface area contributed by atoms with Crippen LogP contribution in [0.4, 0.5) is 10.7 Å². The zero-order valence-corrected chi connectivity index (χ0v) is 13.6. The molecule has 0 saturated heterocycles. The summed E-state index contributed by atoms with van der Waals surface area (Å²) >= 11 is 0.823. The van der Waals surface area contributed by atoms with Crippen molar-refractivity contribution in [2.45, 2.75) is 24.0 Å². The summed E-state index contributed by atoms with van der Waals surface area (Å²) < 4.78 is 31.6. The molecule has 0 spiro atoms. The number of hydrogen-bond donors (Lipinski definition) is 2. The van der Waals surface area contributed by atoms with Crippen LogP contribution in [0.3, 0.4) is 0 Å². The highest BCUT2D eigenvalue weighted by atomic mass is 32.2. The minimum atomic E-state index is -3.75. The topological polar surface area (TPSA) is 111 Å². The van der Waals surface area contributed by atoms with Gasteiger partial charge in [-0.1, -0.05) is 24.7 Å². The largest absolute Gasteiger partial charge is 0.380 e. The van der Waals surface area contributed by atoms with E-state index in [0.29, 0.717) is 6.61 Å². The van der Waals surface area contributed by atoms with Crippen LogP contribution in [0, 0.1) is 10.1 Å². The Hall–Kier alpha value is -1.23. The summed E-state index contributed by atoms with van der Waals surface area (Å²) in [5.74, 6) is 0. The molecule has 0 aliphatic carbocycles.